The lowest BCUT2D eigenvalue weighted by molar-refractivity contribution is -0.253. The Morgan fingerprint density at radius 3 is 2.39 bits per heavy atom. The molecule has 6 atom stereocenters. The first-order chi connectivity index (χ1) is 7.88. The Hall–Kier alpha value is -0.480. The normalized spacial score (nSPS) is 37.6. The van der Waals surface area contributed by atoms with Gasteiger partial charge < -0.3 is 36.2 Å². The smallest absolute Gasteiger partial charge is 0.237 e. The Labute approximate surface area is 110 Å². The number of hydrogen-bond donors (Lipinski definition) is 6. The van der Waals surface area contributed by atoms with Gasteiger partial charge in [-0.3, -0.25) is 4.79 Å². The summed E-state index contributed by atoms with van der Waals surface area (Å²) in [5.41, 5.74) is 5.31. The molecule has 8 nitrogen and oxygen atoms in total. The lowest BCUT2D eigenvalue weighted by Crippen LogP contribution is -2.65. The van der Waals surface area contributed by atoms with Gasteiger partial charge in [0.1, 0.15) is 24.4 Å². The molecule has 0 aromatic carbocycles. The van der Waals surface area contributed by atoms with E-state index in [1.807, 2.05) is 0 Å². The molecule has 108 valence electrons. The minimum Gasteiger partial charge on any atom is -0.394 e. The van der Waals surface area contributed by atoms with Crippen molar-refractivity contribution >= 4 is 18.3 Å². The van der Waals surface area contributed by atoms with E-state index in [2.05, 4.69) is 5.32 Å². The van der Waals surface area contributed by atoms with Crippen LogP contribution in [-0.2, 0) is 9.53 Å². The van der Waals surface area contributed by atoms with E-state index in [4.69, 9.17) is 15.6 Å². The van der Waals surface area contributed by atoms with E-state index in [0.29, 0.717) is 0 Å². The van der Waals surface area contributed by atoms with E-state index in [-0.39, 0.29) is 12.4 Å². The highest BCUT2D eigenvalue weighted by molar-refractivity contribution is 5.85. The molecule has 1 saturated heterocycles. The van der Waals surface area contributed by atoms with Gasteiger partial charge in [0.15, 0.2) is 6.29 Å². The molecule has 6 unspecified atom stereocenters. The summed E-state index contributed by atoms with van der Waals surface area (Å²) in [6.07, 6.45) is -5.46. The lowest BCUT2D eigenvalue weighted by Gasteiger charge is -2.40. The van der Waals surface area contributed by atoms with E-state index in [1.165, 1.54) is 6.92 Å². The number of aliphatic hydroxyl groups excluding tert-OH is 4. The Morgan fingerprint density at radius 1 is 1.39 bits per heavy atom. The van der Waals surface area contributed by atoms with Crippen molar-refractivity contribution < 1.29 is 30.0 Å². The third-order valence-corrected chi connectivity index (χ3v) is 2.62. The van der Waals surface area contributed by atoms with Crippen molar-refractivity contribution in [3.63, 3.8) is 0 Å². The quantitative estimate of drug-likeness (QED) is 0.318. The first-order valence-corrected chi connectivity index (χ1v) is 5.25. The second kappa shape index (κ2) is 7.19. The summed E-state index contributed by atoms with van der Waals surface area (Å²) >= 11 is 0. The molecule has 7 N–H and O–H groups in total. The number of nitrogens with two attached hydrogens (primary N) is 1. The summed E-state index contributed by atoms with van der Waals surface area (Å²) in [4.78, 5) is 11.3. The standard InChI is InChI=1S/C9H18N2O6.ClH/c1-3(10)8(15)11-5-7(14)6(13)4(2-12)17-9(5)16;/h3-7,9,12-14,16H,2,10H2,1H3,(H,11,15);1H. The lowest BCUT2D eigenvalue weighted by atomic mass is 9.97. The number of rotatable bonds is 3. The Bertz CT molecular complexity index is 280. The highest BCUT2D eigenvalue weighted by Crippen LogP contribution is 2.19. The van der Waals surface area contributed by atoms with Gasteiger partial charge in [-0.2, -0.15) is 0 Å². The molecule has 1 heterocycles. The summed E-state index contributed by atoms with van der Waals surface area (Å²) in [6.45, 7) is 0.883. The molecule has 1 rings (SSSR count). The van der Waals surface area contributed by atoms with Gasteiger partial charge in [0, 0.05) is 0 Å². The zero-order valence-corrected chi connectivity index (χ0v) is 10.6. The second-order valence-corrected chi connectivity index (χ2v) is 4.05. The maximum atomic E-state index is 11.3. The zero-order chi connectivity index (χ0) is 13.2. The van der Waals surface area contributed by atoms with Crippen molar-refractivity contribution in [2.75, 3.05) is 6.61 Å². The summed E-state index contributed by atoms with van der Waals surface area (Å²) in [7, 11) is 0. The van der Waals surface area contributed by atoms with Crippen LogP contribution in [0.2, 0.25) is 0 Å². The topological polar surface area (TPSA) is 145 Å². The number of nitrogens with one attached hydrogen (secondary N) is 1. The molecular formula is C9H19ClN2O6. The van der Waals surface area contributed by atoms with Crippen LogP contribution in [-0.4, -0.2) is 69.6 Å². The maximum Gasteiger partial charge on any atom is 0.237 e. The summed E-state index contributed by atoms with van der Waals surface area (Å²) in [5.74, 6) is -0.591. The summed E-state index contributed by atoms with van der Waals surface area (Å²) in [6, 6.07) is -2.01. The van der Waals surface area contributed by atoms with Crippen LogP contribution in [0.1, 0.15) is 6.92 Å². The minimum absolute atomic E-state index is 0. The number of hydrogen-bond acceptors (Lipinski definition) is 7. The zero-order valence-electron chi connectivity index (χ0n) is 9.76. The molecule has 0 spiro atoms. The molecule has 0 aromatic heterocycles. The van der Waals surface area contributed by atoms with E-state index >= 15 is 0 Å². The van der Waals surface area contributed by atoms with Crippen LogP contribution in [0.15, 0.2) is 0 Å². The van der Waals surface area contributed by atoms with Crippen LogP contribution in [0, 0.1) is 0 Å². The molecule has 1 aliphatic heterocycles. The highest BCUT2D eigenvalue weighted by Gasteiger charge is 2.44. The van der Waals surface area contributed by atoms with Gasteiger partial charge >= 0.3 is 0 Å². The number of aliphatic hydroxyl groups is 4. The molecule has 0 radical (unpaired) electrons. The monoisotopic (exact) mass is 286 g/mol. The van der Waals surface area contributed by atoms with Crippen LogP contribution in [0.5, 0.6) is 0 Å². The molecule has 0 bridgehead atoms. The van der Waals surface area contributed by atoms with Gasteiger partial charge in [-0.15, -0.1) is 12.4 Å². The van der Waals surface area contributed by atoms with Gasteiger partial charge in [0.05, 0.1) is 12.6 Å². The Morgan fingerprint density at radius 2 is 1.94 bits per heavy atom. The van der Waals surface area contributed by atoms with E-state index in [9.17, 15) is 20.1 Å². The fourth-order valence-electron chi connectivity index (χ4n) is 1.55. The van der Waals surface area contributed by atoms with Crippen molar-refractivity contribution in [2.24, 2.45) is 5.73 Å². The average Bonchev–Trinajstić information content (AvgIpc) is 2.28. The average molecular weight is 287 g/mol. The van der Waals surface area contributed by atoms with Crippen molar-refractivity contribution in [3.05, 3.63) is 0 Å². The number of carbonyl (C=O) groups is 1. The molecule has 0 aliphatic carbocycles. The van der Waals surface area contributed by atoms with E-state index in [1.54, 1.807) is 0 Å². The maximum absolute atomic E-state index is 11.3. The van der Waals surface area contributed by atoms with Crippen LogP contribution in [0.4, 0.5) is 0 Å². The first-order valence-electron chi connectivity index (χ1n) is 5.25. The molecular weight excluding hydrogens is 268 g/mol. The van der Waals surface area contributed by atoms with Crippen molar-refractivity contribution in [1.82, 2.24) is 5.32 Å². The predicted octanol–water partition coefficient (Wildman–Crippen LogP) is -3.33. The van der Waals surface area contributed by atoms with E-state index < -0.39 is 49.2 Å². The Kier molecular flexibility index (Phi) is 7.00. The fourth-order valence-corrected chi connectivity index (χ4v) is 1.55. The molecule has 9 heteroatoms. The highest BCUT2D eigenvalue weighted by atomic mass is 35.5. The number of amides is 1. The van der Waals surface area contributed by atoms with E-state index in [0.717, 1.165) is 0 Å². The summed E-state index contributed by atoms with van der Waals surface area (Å²) < 4.78 is 4.85. The third-order valence-electron chi connectivity index (χ3n) is 2.62. The first kappa shape index (κ1) is 17.5. The molecule has 18 heavy (non-hydrogen) atoms. The molecule has 0 saturated carbocycles. The molecule has 1 amide bonds. The van der Waals surface area contributed by atoms with Crippen molar-refractivity contribution in [3.8, 4) is 0 Å². The van der Waals surface area contributed by atoms with Gasteiger partial charge in [0.2, 0.25) is 5.91 Å². The predicted molar refractivity (Wildman–Crippen MR) is 62.8 cm³/mol. The van der Waals surface area contributed by atoms with Crippen molar-refractivity contribution in [2.45, 2.75) is 43.6 Å². The van der Waals surface area contributed by atoms with Gasteiger partial charge in [0.25, 0.3) is 0 Å². The fraction of sp³-hybridized carbons (Fsp3) is 0.889. The SMILES string of the molecule is CC(N)C(=O)NC1C(O)OC(CO)C(O)C1O.Cl. The van der Waals surface area contributed by atoms with Gasteiger partial charge in [-0.25, -0.2) is 0 Å². The van der Waals surface area contributed by atoms with Gasteiger partial charge in [-0.1, -0.05) is 0 Å². The molecule has 0 aromatic rings. The third kappa shape index (κ3) is 3.75. The number of carbonyl (C=O) groups excluding carboxylic acids is 1. The number of ether oxygens (including phenoxy) is 1. The minimum atomic E-state index is -1.52. The van der Waals surface area contributed by atoms with Crippen LogP contribution < -0.4 is 11.1 Å². The van der Waals surface area contributed by atoms with Crippen LogP contribution in [0.25, 0.3) is 0 Å². The number of halogens is 1. The molecule has 1 fully saturated rings. The summed E-state index contributed by atoms with van der Waals surface area (Å²) in [5, 5.41) is 39.9. The molecule has 1 aliphatic rings. The van der Waals surface area contributed by atoms with Crippen LogP contribution >= 0.6 is 12.4 Å². The second-order valence-electron chi connectivity index (χ2n) is 4.05. The van der Waals surface area contributed by atoms with Crippen LogP contribution in [0.3, 0.4) is 0 Å². The van der Waals surface area contributed by atoms with Gasteiger partial charge in [-0.05, 0) is 6.92 Å². The Balaban J connectivity index is 0.00000289. The largest absolute Gasteiger partial charge is 0.394 e. The van der Waals surface area contributed by atoms with Crippen molar-refractivity contribution in [1.29, 1.82) is 0 Å².